The van der Waals surface area contributed by atoms with Gasteiger partial charge in [-0.2, -0.15) is 0 Å². The van der Waals surface area contributed by atoms with E-state index in [0.717, 1.165) is 19.6 Å². The van der Waals surface area contributed by atoms with E-state index in [1.807, 2.05) is 30.3 Å². The first-order chi connectivity index (χ1) is 11.0. The minimum atomic E-state index is -1.11. The van der Waals surface area contributed by atoms with Crippen molar-refractivity contribution in [1.29, 1.82) is 0 Å². The summed E-state index contributed by atoms with van der Waals surface area (Å²) in [4.78, 5) is 2.27. The van der Waals surface area contributed by atoms with Crippen LogP contribution in [0.5, 0.6) is 5.75 Å². The summed E-state index contributed by atoms with van der Waals surface area (Å²) in [7, 11) is 0. The van der Waals surface area contributed by atoms with Gasteiger partial charge in [0.15, 0.2) is 0 Å². The van der Waals surface area contributed by atoms with E-state index in [2.05, 4.69) is 43.0 Å². The van der Waals surface area contributed by atoms with Gasteiger partial charge < -0.3 is 14.7 Å². The van der Waals surface area contributed by atoms with Crippen LogP contribution in [0.25, 0.3) is 0 Å². The summed E-state index contributed by atoms with van der Waals surface area (Å²) in [5.41, 5.74) is 0. The highest BCUT2D eigenvalue weighted by atomic mass is 16.6. The van der Waals surface area contributed by atoms with Gasteiger partial charge in [0, 0.05) is 19.9 Å². The van der Waals surface area contributed by atoms with Gasteiger partial charge in [0.1, 0.15) is 5.75 Å². The summed E-state index contributed by atoms with van der Waals surface area (Å²) >= 11 is 0. The van der Waals surface area contributed by atoms with Crippen LogP contribution in [-0.2, 0) is 0 Å². The number of ether oxygens (including phenoxy) is 1. The fourth-order valence-electron chi connectivity index (χ4n) is 2.36. The first-order valence-electron chi connectivity index (χ1n) is 8.33. The first-order valence-corrected chi connectivity index (χ1v) is 8.33. The Bertz CT molecular complexity index is 628. The maximum atomic E-state index is 10.2. The molecule has 2 aliphatic carbocycles. The lowest BCUT2D eigenvalue weighted by molar-refractivity contribution is -0.129. The van der Waals surface area contributed by atoms with Gasteiger partial charge in [0.25, 0.3) is 0 Å². The van der Waals surface area contributed by atoms with Crippen LogP contribution in [0.1, 0.15) is 27.2 Å². The van der Waals surface area contributed by atoms with Crippen molar-refractivity contribution in [2.75, 3.05) is 19.6 Å². The molecular formula is C20H27NO2. The Kier molecular flexibility index (Phi) is 6.20. The lowest BCUT2D eigenvalue weighted by Crippen LogP contribution is -2.37. The summed E-state index contributed by atoms with van der Waals surface area (Å²) in [5.74, 6) is -0.402. The SMILES string of the molecule is CCN(CC)CCC(C)(O)Oc1ccccc1.c1cc2ccc1=2. The predicted molar refractivity (Wildman–Crippen MR) is 94.2 cm³/mol. The lowest BCUT2D eigenvalue weighted by atomic mass is 10.1. The van der Waals surface area contributed by atoms with Crippen molar-refractivity contribution in [2.24, 2.45) is 0 Å². The minimum Gasteiger partial charge on any atom is -0.463 e. The smallest absolute Gasteiger partial charge is 0.206 e. The molecule has 0 heterocycles. The monoisotopic (exact) mass is 313 g/mol. The molecule has 3 nitrogen and oxygen atoms in total. The molecule has 0 saturated heterocycles. The Morgan fingerprint density at radius 1 is 0.913 bits per heavy atom. The highest BCUT2D eigenvalue weighted by molar-refractivity contribution is 5.22. The molecule has 1 unspecified atom stereocenters. The van der Waals surface area contributed by atoms with E-state index in [9.17, 15) is 5.11 Å². The second kappa shape index (κ2) is 8.14. The average molecular weight is 313 g/mol. The maximum absolute atomic E-state index is 10.2. The van der Waals surface area contributed by atoms with Crippen molar-refractivity contribution < 1.29 is 9.84 Å². The van der Waals surface area contributed by atoms with Gasteiger partial charge in [0.05, 0.1) is 0 Å². The molecule has 0 aromatic heterocycles. The van der Waals surface area contributed by atoms with Crippen LogP contribution in [0.4, 0.5) is 0 Å². The average Bonchev–Trinajstić information content (AvgIpc) is 2.53. The standard InChI is InChI=1S/C14H23NO2.C6H4/c1-4-15(5-2)12-11-14(3,16)17-13-9-7-6-8-10-13;1-2-6-4-3-5(1)6/h6-10,16H,4-5,11-12H2,1-3H3;1-4H. The topological polar surface area (TPSA) is 32.7 Å². The Morgan fingerprint density at radius 3 is 1.83 bits per heavy atom. The molecule has 0 bridgehead atoms. The Morgan fingerprint density at radius 2 is 1.43 bits per heavy atom. The van der Waals surface area contributed by atoms with E-state index < -0.39 is 5.79 Å². The molecule has 1 aromatic rings. The Labute approximate surface area is 138 Å². The summed E-state index contributed by atoms with van der Waals surface area (Å²) in [6.07, 6.45) is 0.601. The van der Waals surface area contributed by atoms with Crippen LogP contribution >= 0.6 is 0 Å². The van der Waals surface area contributed by atoms with E-state index in [-0.39, 0.29) is 0 Å². The number of para-hydroxylation sites is 1. The Hall–Kier alpha value is -1.84. The number of hydrogen-bond donors (Lipinski definition) is 1. The van der Waals surface area contributed by atoms with Gasteiger partial charge >= 0.3 is 0 Å². The third-order valence-corrected chi connectivity index (χ3v) is 4.09. The highest BCUT2D eigenvalue weighted by Crippen LogP contribution is 2.18. The predicted octanol–water partition coefficient (Wildman–Crippen LogP) is 3.79. The quantitative estimate of drug-likeness (QED) is 0.674. The molecule has 1 N–H and O–H groups in total. The van der Waals surface area contributed by atoms with E-state index in [4.69, 9.17) is 4.74 Å². The summed E-state index contributed by atoms with van der Waals surface area (Å²) in [5, 5.41) is 13.0. The van der Waals surface area contributed by atoms with Crippen molar-refractivity contribution in [2.45, 2.75) is 33.0 Å². The van der Waals surface area contributed by atoms with Gasteiger partial charge in [-0.1, -0.05) is 56.3 Å². The van der Waals surface area contributed by atoms with Gasteiger partial charge in [0.2, 0.25) is 5.79 Å². The van der Waals surface area contributed by atoms with E-state index in [0.29, 0.717) is 12.2 Å². The van der Waals surface area contributed by atoms with Crippen molar-refractivity contribution >= 4 is 0 Å². The molecular weight excluding hydrogens is 286 g/mol. The molecule has 124 valence electrons. The molecule has 0 spiro atoms. The van der Waals surface area contributed by atoms with Gasteiger partial charge in [-0.3, -0.25) is 0 Å². The highest BCUT2D eigenvalue weighted by Gasteiger charge is 2.22. The second-order valence-corrected chi connectivity index (χ2v) is 5.94. The Balaban J connectivity index is 0.000000260. The number of hydrogen-bond acceptors (Lipinski definition) is 3. The third-order valence-electron chi connectivity index (χ3n) is 4.09. The van der Waals surface area contributed by atoms with Gasteiger partial charge in [-0.25, -0.2) is 0 Å². The summed E-state index contributed by atoms with van der Waals surface area (Å²) in [6.45, 7) is 8.79. The van der Waals surface area contributed by atoms with Gasteiger partial charge in [-0.15, -0.1) is 0 Å². The first kappa shape index (κ1) is 17.5. The molecule has 3 heteroatoms. The molecule has 0 radical (unpaired) electrons. The summed E-state index contributed by atoms with van der Waals surface area (Å²) in [6, 6.07) is 17.9. The maximum Gasteiger partial charge on any atom is 0.206 e. The summed E-state index contributed by atoms with van der Waals surface area (Å²) < 4.78 is 5.57. The number of benzene rings is 2. The van der Waals surface area contributed by atoms with Crippen LogP contribution in [0, 0.1) is 10.4 Å². The molecule has 0 aliphatic heterocycles. The lowest BCUT2D eigenvalue weighted by Gasteiger charge is -2.28. The fourth-order valence-corrected chi connectivity index (χ4v) is 2.36. The zero-order chi connectivity index (χ0) is 16.7. The van der Waals surface area contributed by atoms with Crippen molar-refractivity contribution in [3.63, 3.8) is 0 Å². The van der Waals surface area contributed by atoms with E-state index in [1.165, 1.54) is 10.4 Å². The van der Waals surface area contributed by atoms with Gasteiger partial charge in [-0.05, 0) is 35.7 Å². The fraction of sp³-hybridized carbons (Fsp3) is 0.400. The minimum absolute atomic E-state index is 0.601. The molecule has 0 fully saturated rings. The zero-order valence-electron chi connectivity index (χ0n) is 14.3. The van der Waals surface area contributed by atoms with Crippen LogP contribution in [0.2, 0.25) is 0 Å². The molecule has 1 atom stereocenters. The van der Waals surface area contributed by atoms with Crippen molar-refractivity contribution in [3.05, 3.63) is 65.0 Å². The molecule has 0 saturated carbocycles. The normalized spacial score (nSPS) is 13.8. The van der Waals surface area contributed by atoms with Crippen molar-refractivity contribution in [3.8, 4) is 5.75 Å². The number of nitrogens with zero attached hydrogens (tertiary/aromatic N) is 1. The van der Waals surface area contributed by atoms with Crippen LogP contribution < -0.4 is 4.74 Å². The molecule has 1 aromatic carbocycles. The molecule has 23 heavy (non-hydrogen) atoms. The van der Waals surface area contributed by atoms with E-state index in [1.54, 1.807) is 6.92 Å². The van der Waals surface area contributed by atoms with Crippen LogP contribution in [-0.4, -0.2) is 35.4 Å². The third kappa shape index (κ3) is 5.38. The molecule has 2 aliphatic rings. The second-order valence-electron chi connectivity index (χ2n) is 5.94. The zero-order valence-corrected chi connectivity index (χ0v) is 14.3. The largest absolute Gasteiger partial charge is 0.463 e. The van der Waals surface area contributed by atoms with Crippen molar-refractivity contribution in [1.82, 2.24) is 4.90 Å². The number of aliphatic hydroxyl groups is 1. The van der Waals surface area contributed by atoms with E-state index >= 15 is 0 Å². The number of rotatable bonds is 7. The molecule has 3 rings (SSSR count). The molecule has 0 amide bonds. The van der Waals surface area contributed by atoms with Crippen LogP contribution in [0.15, 0.2) is 54.6 Å². The van der Waals surface area contributed by atoms with Crippen LogP contribution in [0.3, 0.4) is 0 Å².